The third-order valence-electron chi connectivity index (χ3n) is 3.17. The molecule has 1 aromatic carbocycles. The fourth-order valence-corrected chi connectivity index (χ4v) is 2.52. The van der Waals surface area contributed by atoms with Gasteiger partial charge in [0.25, 0.3) is 0 Å². The van der Waals surface area contributed by atoms with Crippen molar-refractivity contribution >= 4 is 23.2 Å². The van der Waals surface area contributed by atoms with Gasteiger partial charge in [-0.2, -0.15) is 0 Å². The fraction of sp³-hybridized carbons (Fsp3) is 0.538. The third kappa shape index (κ3) is 3.35. The minimum absolute atomic E-state index is 0.00208. The zero-order chi connectivity index (χ0) is 12.3. The Balaban J connectivity index is 2.13. The molecule has 0 radical (unpaired) electrons. The number of ether oxygens (including phenoxy) is 1. The van der Waals surface area contributed by atoms with E-state index in [4.69, 9.17) is 27.9 Å². The van der Waals surface area contributed by atoms with Crippen molar-refractivity contribution in [1.82, 2.24) is 5.32 Å². The van der Waals surface area contributed by atoms with Gasteiger partial charge < -0.3 is 10.1 Å². The SMILES string of the molecule is CCC1CCOC(c2cc(Cl)ccc2Cl)CN1. The molecule has 2 nitrogen and oxygen atoms in total. The van der Waals surface area contributed by atoms with Crippen molar-refractivity contribution in [3.63, 3.8) is 0 Å². The second-order valence-electron chi connectivity index (χ2n) is 4.33. The molecule has 0 spiro atoms. The number of nitrogens with one attached hydrogen (secondary N) is 1. The third-order valence-corrected chi connectivity index (χ3v) is 3.75. The van der Waals surface area contributed by atoms with Gasteiger partial charge in [-0.15, -0.1) is 0 Å². The van der Waals surface area contributed by atoms with E-state index in [1.54, 1.807) is 6.07 Å². The summed E-state index contributed by atoms with van der Waals surface area (Å²) < 4.78 is 5.85. The van der Waals surface area contributed by atoms with Crippen LogP contribution < -0.4 is 5.32 Å². The van der Waals surface area contributed by atoms with Crippen molar-refractivity contribution in [1.29, 1.82) is 0 Å². The van der Waals surface area contributed by atoms with E-state index in [2.05, 4.69) is 12.2 Å². The normalized spacial score (nSPS) is 25.6. The number of rotatable bonds is 2. The molecule has 0 bridgehead atoms. The van der Waals surface area contributed by atoms with E-state index in [1.807, 2.05) is 12.1 Å². The molecular formula is C13H17Cl2NO. The highest BCUT2D eigenvalue weighted by atomic mass is 35.5. The van der Waals surface area contributed by atoms with Gasteiger partial charge in [0.05, 0.1) is 6.10 Å². The maximum Gasteiger partial charge on any atom is 0.0964 e. The average molecular weight is 274 g/mol. The summed E-state index contributed by atoms with van der Waals surface area (Å²) in [6.45, 7) is 3.74. The van der Waals surface area contributed by atoms with Crippen molar-refractivity contribution in [3.05, 3.63) is 33.8 Å². The molecule has 1 heterocycles. The lowest BCUT2D eigenvalue weighted by atomic mass is 10.1. The summed E-state index contributed by atoms with van der Waals surface area (Å²) in [7, 11) is 0. The molecule has 2 rings (SSSR count). The molecule has 1 aromatic rings. The van der Waals surface area contributed by atoms with Crippen molar-refractivity contribution < 1.29 is 4.74 Å². The summed E-state index contributed by atoms with van der Waals surface area (Å²) >= 11 is 12.2. The topological polar surface area (TPSA) is 21.3 Å². The first-order valence-corrected chi connectivity index (χ1v) is 6.76. The minimum atomic E-state index is -0.00208. The first kappa shape index (κ1) is 13.2. The van der Waals surface area contributed by atoms with Crippen LogP contribution >= 0.6 is 23.2 Å². The lowest BCUT2D eigenvalue weighted by molar-refractivity contribution is 0.0664. The van der Waals surface area contributed by atoms with Gasteiger partial charge in [-0.1, -0.05) is 30.1 Å². The van der Waals surface area contributed by atoms with Gasteiger partial charge in [0.15, 0.2) is 0 Å². The van der Waals surface area contributed by atoms with Gasteiger partial charge >= 0.3 is 0 Å². The van der Waals surface area contributed by atoms with Crippen LogP contribution in [0.1, 0.15) is 31.4 Å². The first-order valence-electron chi connectivity index (χ1n) is 6.00. The van der Waals surface area contributed by atoms with E-state index in [9.17, 15) is 0 Å². The van der Waals surface area contributed by atoms with Gasteiger partial charge in [0.2, 0.25) is 0 Å². The average Bonchev–Trinajstić information content (AvgIpc) is 2.57. The van der Waals surface area contributed by atoms with Crippen molar-refractivity contribution in [3.8, 4) is 0 Å². The maximum absolute atomic E-state index is 6.19. The molecule has 0 aliphatic carbocycles. The van der Waals surface area contributed by atoms with Crippen LogP contribution in [0, 0.1) is 0 Å². The van der Waals surface area contributed by atoms with Crippen LogP contribution in [-0.4, -0.2) is 19.2 Å². The summed E-state index contributed by atoms with van der Waals surface area (Å²) in [6, 6.07) is 6.05. The van der Waals surface area contributed by atoms with Crippen molar-refractivity contribution in [2.75, 3.05) is 13.2 Å². The highest BCUT2D eigenvalue weighted by Gasteiger charge is 2.21. The zero-order valence-electron chi connectivity index (χ0n) is 9.88. The molecule has 1 saturated heterocycles. The quantitative estimate of drug-likeness (QED) is 0.885. The molecular weight excluding hydrogens is 257 g/mol. The molecule has 94 valence electrons. The largest absolute Gasteiger partial charge is 0.372 e. The Morgan fingerprint density at radius 3 is 3.00 bits per heavy atom. The van der Waals surface area contributed by atoms with Crippen LogP contribution in [0.5, 0.6) is 0 Å². The lowest BCUT2D eigenvalue weighted by Gasteiger charge is -2.17. The zero-order valence-corrected chi connectivity index (χ0v) is 11.4. The number of benzene rings is 1. The van der Waals surface area contributed by atoms with Gasteiger partial charge in [0, 0.05) is 34.8 Å². The van der Waals surface area contributed by atoms with E-state index >= 15 is 0 Å². The van der Waals surface area contributed by atoms with Crippen LogP contribution in [0.15, 0.2) is 18.2 Å². The lowest BCUT2D eigenvalue weighted by Crippen LogP contribution is -2.29. The monoisotopic (exact) mass is 273 g/mol. The number of halogens is 2. The van der Waals surface area contributed by atoms with E-state index < -0.39 is 0 Å². The standard InChI is InChI=1S/C13H17Cl2NO/c1-2-10-5-6-17-13(8-16-10)11-7-9(14)3-4-12(11)15/h3-4,7,10,13,16H,2,5-6,8H2,1H3. The van der Waals surface area contributed by atoms with Crippen LogP contribution in [0.2, 0.25) is 10.0 Å². The molecule has 17 heavy (non-hydrogen) atoms. The van der Waals surface area contributed by atoms with Gasteiger partial charge in [-0.05, 0) is 31.0 Å². The summed E-state index contributed by atoms with van der Waals surface area (Å²) in [6.07, 6.45) is 2.17. The minimum Gasteiger partial charge on any atom is -0.372 e. The van der Waals surface area contributed by atoms with E-state index in [0.717, 1.165) is 36.6 Å². The molecule has 1 aliphatic rings. The smallest absolute Gasteiger partial charge is 0.0964 e. The van der Waals surface area contributed by atoms with Gasteiger partial charge in [0.1, 0.15) is 0 Å². The number of hydrogen-bond donors (Lipinski definition) is 1. The summed E-state index contributed by atoms with van der Waals surface area (Å²) in [4.78, 5) is 0. The summed E-state index contributed by atoms with van der Waals surface area (Å²) in [5, 5.41) is 4.92. The molecule has 0 saturated carbocycles. The Morgan fingerprint density at radius 2 is 2.24 bits per heavy atom. The second-order valence-corrected chi connectivity index (χ2v) is 5.17. The van der Waals surface area contributed by atoms with Crippen LogP contribution in [0.3, 0.4) is 0 Å². The van der Waals surface area contributed by atoms with E-state index in [0.29, 0.717) is 11.1 Å². The molecule has 1 aliphatic heterocycles. The molecule has 2 unspecified atom stereocenters. The highest BCUT2D eigenvalue weighted by Crippen LogP contribution is 2.29. The first-order chi connectivity index (χ1) is 8.20. The van der Waals surface area contributed by atoms with Crippen molar-refractivity contribution in [2.45, 2.75) is 31.9 Å². The van der Waals surface area contributed by atoms with Crippen LogP contribution in [0.25, 0.3) is 0 Å². The Bertz CT molecular complexity index is 384. The Morgan fingerprint density at radius 1 is 1.41 bits per heavy atom. The van der Waals surface area contributed by atoms with Gasteiger partial charge in [-0.25, -0.2) is 0 Å². The molecule has 4 heteroatoms. The Hall–Kier alpha value is -0.280. The Labute approximate surface area is 112 Å². The molecule has 1 fully saturated rings. The van der Waals surface area contributed by atoms with E-state index in [-0.39, 0.29) is 6.10 Å². The van der Waals surface area contributed by atoms with Gasteiger partial charge in [-0.3, -0.25) is 0 Å². The van der Waals surface area contributed by atoms with Crippen LogP contribution in [0.4, 0.5) is 0 Å². The predicted octanol–water partition coefficient (Wildman–Crippen LogP) is 3.82. The molecule has 1 N–H and O–H groups in total. The van der Waals surface area contributed by atoms with E-state index in [1.165, 1.54) is 0 Å². The molecule has 2 atom stereocenters. The molecule has 0 aromatic heterocycles. The van der Waals surface area contributed by atoms with Crippen LogP contribution in [-0.2, 0) is 4.74 Å². The predicted molar refractivity (Wildman–Crippen MR) is 71.9 cm³/mol. The fourth-order valence-electron chi connectivity index (χ4n) is 2.10. The highest BCUT2D eigenvalue weighted by molar-refractivity contribution is 6.33. The van der Waals surface area contributed by atoms with Crippen molar-refractivity contribution in [2.24, 2.45) is 0 Å². The maximum atomic E-state index is 6.19. The Kier molecular flexibility index (Phi) is 4.69. The summed E-state index contributed by atoms with van der Waals surface area (Å²) in [5.74, 6) is 0. The number of hydrogen-bond acceptors (Lipinski definition) is 2. The molecule has 0 amide bonds. The second kappa shape index (κ2) is 6.05. The summed E-state index contributed by atoms with van der Waals surface area (Å²) in [5.41, 5.74) is 0.975.